The molecule has 0 N–H and O–H groups in total. The second-order valence-electron chi connectivity index (χ2n) is 8.38. The van der Waals surface area contributed by atoms with Crippen molar-refractivity contribution in [2.45, 2.75) is 25.3 Å². The molecular weight excluding hydrogens is 395 g/mol. The molecule has 0 spiro atoms. The molecule has 7 nitrogen and oxygen atoms in total. The average Bonchev–Trinajstić information content (AvgIpc) is 2.93. The van der Waals surface area contributed by atoms with Gasteiger partial charge < -0.3 is 4.57 Å². The summed E-state index contributed by atoms with van der Waals surface area (Å²) in [6.07, 6.45) is 4.06. The van der Waals surface area contributed by atoms with E-state index < -0.39 is 5.95 Å². The summed E-state index contributed by atoms with van der Waals surface area (Å²) in [5, 5.41) is 8.40. The van der Waals surface area contributed by atoms with Crippen molar-refractivity contribution in [3.8, 4) is 17.1 Å². The molecule has 156 valence electrons. The lowest BCUT2D eigenvalue weighted by Gasteiger charge is -2.27. The van der Waals surface area contributed by atoms with E-state index in [4.69, 9.17) is 4.98 Å². The van der Waals surface area contributed by atoms with Crippen molar-refractivity contribution in [1.29, 1.82) is 0 Å². The largest absolute Gasteiger partial charge is 0.332 e. The number of pyridine rings is 2. The van der Waals surface area contributed by atoms with Crippen LogP contribution in [0.1, 0.15) is 30.0 Å². The van der Waals surface area contributed by atoms with Gasteiger partial charge in [0.1, 0.15) is 11.5 Å². The molecule has 31 heavy (non-hydrogen) atoms. The summed E-state index contributed by atoms with van der Waals surface area (Å²) in [5.74, 6) is 0.506. The highest BCUT2D eigenvalue weighted by Gasteiger charge is 2.32. The number of rotatable bonds is 2. The molecule has 0 aliphatic carbocycles. The number of hydrogen-bond acceptors (Lipinski definition) is 5. The standard InChI is InChI=1S/C23H21FN6O/c1-28-22-14-6-9-29(10-7-14)13-17(22)16-2-5-20(25-23(16)28)30-11-8-15(12-21(30)31)18-3-4-19(24)27-26-18/h2-5,8,11-12,14H,6-7,9-10,13H2,1H3. The first-order valence-electron chi connectivity index (χ1n) is 10.5. The van der Waals surface area contributed by atoms with Crippen molar-refractivity contribution in [3.63, 3.8) is 0 Å². The van der Waals surface area contributed by atoms with Crippen molar-refractivity contribution in [2.24, 2.45) is 7.05 Å². The van der Waals surface area contributed by atoms with Crippen LogP contribution in [-0.4, -0.2) is 42.3 Å². The third-order valence-corrected chi connectivity index (χ3v) is 6.62. The van der Waals surface area contributed by atoms with E-state index in [1.54, 1.807) is 12.3 Å². The molecule has 3 aliphatic heterocycles. The lowest BCUT2D eigenvalue weighted by molar-refractivity contribution is 0.220. The van der Waals surface area contributed by atoms with Gasteiger partial charge in [-0.05, 0) is 61.8 Å². The normalized spacial score (nSPS) is 20.1. The van der Waals surface area contributed by atoms with Crippen LogP contribution < -0.4 is 5.56 Å². The topological polar surface area (TPSA) is 68.8 Å². The molecule has 4 aromatic heterocycles. The van der Waals surface area contributed by atoms with Crippen LogP contribution in [-0.2, 0) is 13.6 Å². The Bertz CT molecular complexity index is 1370. The smallest absolute Gasteiger partial charge is 0.256 e. The quantitative estimate of drug-likeness (QED) is 0.503. The molecule has 3 aliphatic rings. The van der Waals surface area contributed by atoms with Gasteiger partial charge in [-0.3, -0.25) is 14.3 Å². The van der Waals surface area contributed by atoms with Crippen LogP contribution in [0.4, 0.5) is 4.39 Å². The van der Waals surface area contributed by atoms with E-state index in [-0.39, 0.29) is 5.56 Å². The monoisotopic (exact) mass is 416 g/mol. The molecule has 0 unspecified atom stereocenters. The van der Waals surface area contributed by atoms with Crippen LogP contribution in [0.3, 0.4) is 0 Å². The zero-order valence-corrected chi connectivity index (χ0v) is 17.1. The molecule has 1 fully saturated rings. The Morgan fingerprint density at radius 2 is 1.90 bits per heavy atom. The Morgan fingerprint density at radius 3 is 2.65 bits per heavy atom. The molecule has 1 saturated heterocycles. The number of aromatic nitrogens is 5. The lowest BCUT2D eigenvalue weighted by atomic mass is 9.94. The Labute approximate surface area is 177 Å². The van der Waals surface area contributed by atoms with Crippen LogP contribution >= 0.6 is 0 Å². The fourth-order valence-corrected chi connectivity index (χ4v) is 5.09. The Balaban J connectivity index is 1.44. The van der Waals surface area contributed by atoms with E-state index in [2.05, 4.69) is 32.8 Å². The number of piperidine rings is 1. The molecule has 8 heteroatoms. The van der Waals surface area contributed by atoms with Gasteiger partial charge in [-0.25, -0.2) is 4.98 Å². The van der Waals surface area contributed by atoms with E-state index in [9.17, 15) is 9.18 Å². The van der Waals surface area contributed by atoms with Gasteiger partial charge in [0, 0.05) is 48.4 Å². The van der Waals surface area contributed by atoms with Gasteiger partial charge in [-0.1, -0.05) is 0 Å². The molecule has 7 heterocycles. The van der Waals surface area contributed by atoms with Gasteiger partial charge in [0.2, 0.25) is 5.95 Å². The average molecular weight is 416 g/mol. The van der Waals surface area contributed by atoms with E-state index in [0.717, 1.165) is 25.3 Å². The maximum absolute atomic E-state index is 13.0. The first-order chi connectivity index (χ1) is 15.1. The molecule has 7 rings (SSSR count). The highest BCUT2D eigenvalue weighted by molar-refractivity contribution is 5.83. The summed E-state index contributed by atoms with van der Waals surface area (Å²) in [6, 6.07) is 9.97. The van der Waals surface area contributed by atoms with Crippen LogP contribution in [0.15, 0.2) is 47.4 Å². The second-order valence-corrected chi connectivity index (χ2v) is 8.38. The number of hydrogen-bond donors (Lipinski definition) is 0. The van der Waals surface area contributed by atoms with E-state index in [0.29, 0.717) is 23.0 Å². The lowest BCUT2D eigenvalue weighted by Crippen LogP contribution is -2.29. The van der Waals surface area contributed by atoms with E-state index in [1.165, 1.54) is 52.3 Å². The highest BCUT2D eigenvalue weighted by atomic mass is 19.1. The Kier molecular flexibility index (Phi) is 4.04. The molecule has 0 atom stereocenters. The van der Waals surface area contributed by atoms with Crippen molar-refractivity contribution < 1.29 is 4.39 Å². The predicted octanol–water partition coefficient (Wildman–Crippen LogP) is 3.01. The van der Waals surface area contributed by atoms with Crippen molar-refractivity contribution in [3.05, 3.63) is 70.2 Å². The summed E-state index contributed by atoms with van der Waals surface area (Å²) in [7, 11) is 2.09. The van der Waals surface area contributed by atoms with Crippen molar-refractivity contribution >= 4 is 11.0 Å². The minimum Gasteiger partial charge on any atom is -0.332 e. The summed E-state index contributed by atoms with van der Waals surface area (Å²) in [4.78, 5) is 20.2. The maximum atomic E-state index is 13.0. The third-order valence-electron chi connectivity index (χ3n) is 6.62. The molecule has 0 aromatic carbocycles. The predicted molar refractivity (Wildman–Crippen MR) is 115 cm³/mol. The van der Waals surface area contributed by atoms with E-state index in [1.807, 2.05) is 6.07 Å². The SMILES string of the molecule is Cn1c2c(c3ccc(-n4ccc(-c5ccc(F)nn5)cc4=O)nc31)CN1CCC2CC1. The summed E-state index contributed by atoms with van der Waals surface area (Å²) in [6.45, 7) is 3.29. The van der Waals surface area contributed by atoms with Gasteiger partial charge in [0.05, 0.1) is 5.69 Å². The molecule has 0 amide bonds. The minimum absolute atomic E-state index is 0.226. The minimum atomic E-state index is -0.652. The summed E-state index contributed by atoms with van der Waals surface area (Å²) >= 11 is 0. The molecule has 0 saturated carbocycles. The van der Waals surface area contributed by atoms with Crippen LogP contribution in [0.5, 0.6) is 0 Å². The zero-order chi connectivity index (χ0) is 21.1. The molecule has 0 radical (unpaired) electrons. The van der Waals surface area contributed by atoms with Gasteiger partial charge in [0.25, 0.3) is 5.56 Å². The van der Waals surface area contributed by atoms with Crippen molar-refractivity contribution in [2.75, 3.05) is 13.1 Å². The number of fused-ring (bicyclic) bond motifs is 3. The fourth-order valence-electron chi connectivity index (χ4n) is 5.09. The van der Waals surface area contributed by atoms with Crippen LogP contribution in [0, 0.1) is 5.95 Å². The second kappa shape index (κ2) is 6.81. The third kappa shape index (κ3) is 2.90. The zero-order valence-electron chi connectivity index (χ0n) is 17.1. The highest BCUT2D eigenvalue weighted by Crippen LogP contribution is 2.40. The molecule has 2 bridgehead atoms. The van der Waals surface area contributed by atoms with Gasteiger partial charge in [-0.15, -0.1) is 10.2 Å². The van der Waals surface area contributed by atoms with Crippen LogP contribution in [0.2, 0.25) is 0 Å². The van der Waals surface area contributed by atoms with Gasteiger partial charge in [-0.2, -0.15) is 4.39 Å². The van der Waals surface area contributed by atoms with E-state index >= 15 is 0 Å². The molecule has 4 aromatic rings. The number of nitrogens with zero attached hydrogens (tertiary/aromatic N) is 6. The first-order valence-corrected chi connectivity index (χ1v) is 10.5. The maximum Gasteiger partial charge on any atom is 0.256 e. The first kappa shape index (κ1) is 18.4. The van der Waals surface area contributed by atoms with Gasteiger partial charge >= 0.3 is 0 Å². The molecular formula is C23H21FN6O. The fraction of sp³-hybridized carbons (Fsp3) is 0.304. The Morgan fingerprint density at radius 1 is 1.06 bits per heavy atom. The summed E-state index contributed by atoms with van der Waals surface area (Å²) < 4.78 is 16.8. The van der Waals surface area contributed by atoms with Crippen LogP contribution in [0.25, 0.3) is 28.1 Å². The van der Waals surface area contributed by atoms with Gasteiger partial charge in [0.15, 0.2) is 0 Å². The van der Waals surface area contributed by atoms with Crippen molar-refractivity contribution in [1.82, 2.24) is 29.2 Å². The summed E-state index contributed by atoms with van der Waals surface area (Å²) in [5.41, 5.74) is 4.51. The Hall–Kier alpha value is -3.39. The number of aryl methyl sites for hydroxylation is 1. The number of halogens is 1.